The van der Waals surface area contributed by atoms with Crippen LogP contribution in [0.15, 0.2) is 24.3 Å². The highest BCUT2D eigenvalue weighted by molar-refractivity contribution is 7.80. The third kappa shape index (κ3) is 8.46. The molecule has 0 aliphatic heterocycles. The Balaban J connectivity index is 3.24. The topological polar surface area (TPSA) is 87.7 Å². The van der Waals surface area contributed by atoms with Crippen molar-refractivity contribution in [1.82, 2.24) is 15.5 Å². The predicted octanol–water partition coefficient (Wildman–Crippen LogP) is 3.58. The van der Waals surface area contributed by atoms with E-state index in [1.807, 2.05) is 32.9 Å². The highest BCUT2D eigenvalue weighted by Gasteiger charge is 2.35. The molecule has 0 spiro atoms. The predicted molar refractivity (Wildman–Crippen MR) is 129 cm³/mol. The van der Waals surface area contributed by atoms with Crippen LogP contribution in [0.2, 0.25) is 0 Å². The van der Waals surface area contributed by atoms with Gasteiger partial charge in [0, 0.05) is 17.8 Å². The molecule has 0 heterocycles. The zero-order valence-corrected chi connectivity index (χ0v) is 20.7. The maximum absolute atomic E-state index is 13.3. The first-order valence-corrected chi connectivity index (χ1v) is 11.3. The minimum atomic E-state index is -1.07. The fourth-order valence-electron chi connectivity index (χ4n) is 3.06. The van der Waals surface area contributed by atoms with Gasteiger partial charge in [0.25, 0.3) is 5.91 Å². The fraction of sp³-hybridized carbons (Fsp3) is 0.542. The summed E-state index contributed by atoms with van der Waals surface area (Å²) in [5.74, 6) is -1.04. The lowest BCUT2D eigenvalue weighted by Gasteiger charge is -2.30. The Bertz CT molecular complexity index is 827. The number of carbonyl (C=O) groups excluding carboxylic acids is 3. The molecule has 0 saturated heterocycles. The zero-order chi connectivity index (χ0) is 24.5. The molecule has 0 aliphatic rings. The van der Waals surface area contributed by atoms with Gasteiger partial charge in [-0.2, -0.15) is 12.6 Å². The van der Waals surface area contributed by atoms with E-state index >= 15 is 0 Å². The second-order valence-electron chi connectivity index (χ2n) is 8.73. The zero-order valence-electron chi connectivity index (χ0n) is 19.8. The average molecular weight is 462 g/mol. The first-order chi connectivity index (χ1) is 14.9. The maximum atomic E-state index is 13.3. The van der Waals surface area contributed by atoms with Crippen LogP contribution < -0.4 is 10.6 Å². The van der Waals surface area contributed by atoms with Crippen molar-refractivity contribution in [3.05, 3.63) is 35.4 Å². The molecule has 7 nitrogen and oxygen atoms in total. The van der Waals surface area contributed by atoms with Gasteiger partial charge in [-0.1, -0.05) is 49.6 Å². The minimum absolute atomic E-state index is 0.0231. The van der Waals surface area contributed by atoms with Crippen molar-refractivity contribution < 1.29 is 19.1 Å². The Hall–Kier alpha value is -2.66. The van der Waals surface area contributed by atoms with Gasteiger partial charge in [-0.25, -0.2) is 4.79 Å². The molecule has 0 aliphatic carbocycles. The van der Waals surface area contributed by atoms with Gasteiger partial charge >= 0.3 is 6.09 Å². The number of ether oxygens (including phenoxy) is 1. The number of terminal acetylenes is 1. The number of aryl methyl sites for hydroxylation is 1. The normalized spacial score (nSPS) is 13.8. The van der Waals surface area contributed by atoms with Crippen LogP contribution in [-0.4, -0.2) is 46.2 Å². The SMILES string of the molecule is C#CN(C(=O)C(CS)NC(=O)OC(C)(C)C)C(C(=O)NC(C)CCC)c1ccc(C)cc1. The molecular formula is C24H35N3O4S. The van der Waals surface area contributed by atoms with Crippen LogP contribution >= 0.6 is 12.6 Å². The lowest BCUT2D eigenvalue weighted by Crippen LogP contribution is -2.52. The summed E-state index contributed by atoms with van der Waals surface area (Å²) >= 11 is 4.19. The highest BCUT2D eigenvalue weighted by Crippen LogP contribution is 2.23. The van der Waals surface area contributed by atoms with E-state index in [1.165, 1.54) is 0 Å². The van der Waals surface area contributed by atoms with Crippen molar-refractivity contribution in [2.45, 2.75) is 78.1 Å². The van der Waals surface area contributed by atoms with Gasteiger partial charge in [-0.15, -0.1) is 0 Å². The lowest BCUT2D eigenvalue weighted by atomic mass is 10.0. The van der Waals surface area contributed by atoms with Crippen LogP contribution in [0.1, 0.15) is 64.6 Å². The maximum Gasteiger partial charge on any atom is 0.408 e. The molecule has 0 bridgehead atoms. The van der Waals surface area contributed by atoms with E-state index in [4.69, 9.17) is 11.2 Å². The molecule has 0 radical (unpaired) electrons. The number of benzene rings is 1. The summed E-state index contributed by atoms with van der Waals surface area (Å²) in [5, 5.41) is 5.43. The summed E-state index contributed by atoms with van der Waals surface area (Å²) in [6.07, 6.45) is 6.62. The molecule has 3 unspecified atom stereocenters. The van der Waals surface area contributed by atoms with Crippen molar-refractivity contribution in [3.63, 3.8) is 0 Å². The molecular weight excluding hydrogens is 426 g/mol. The molecule has 1 aromatic rings. The Labute approximate surface area is 197 Å². The Morgan fingerprint density at radius 3 is 2.25 bits per heavy atom. The quantitative estimate of drug-likeness (QED) is 0.298. The molecule has 32 heavy (non-hydrogen) atoms. The molecule has 3 atom stereocenters. The second-order valence-corrected chi connectivity index (χ2v) is 9.10. The smallest absolute Gasteiger partial charge is 0.408 e. The van der Waals surface area contributed by atoms with Gasteiger partial charge in [0.1, 0.15) is 17.7 Å². The molecule has 0 fully saturated rings. The van der Waals surface area contributed by atoms with Crippen LogP contribution in [0.3, 0.4) is 0 Å². The summed E-state index contributed by atoms with van der Waals surface area (Å²) in [4.78, 5) is 39.7. The second kappa shape index (κ2) is 12.4. The Morgan fingerprint density at radius 2 is 1.78 bits per heavy atom. The number of alkyl carbamates (subject to hydrolysis) is 1. The van der Waals surface area contributed by atoms with Gasteiger partial charge in [0.2, 0.25) is 5.91 Å². The largest absolute Gasteiger partial charge is 0.444 e. The highest BCUT2D eigenvalue weighted by atomic mass is 32.1. The van der Waals surface area contributed by atoms with Crippen molar-refractivity contribution in [2.24, 2.45) is 0 Å². The van der Waals surface area contributed by atoms with Crippen LogP contribution in [0.25, 0.3) is 0 Å². The van der Waals surface area contributed by atoms with E-state index < -0.39 is 35.6 Å². The van der Waals surface area contributed by atoms with E-state index in [0.717, 1.165) is 23.3 Å². The summed E-state index contributed by atoms with van der Waals surface area (Å²) in [5.41, 5.74) is 0.837. The van der Waals surface area contributed by atoms with Gasteiger partial charge in [0.15, 0.2) is 0 Å². The fourth-order valence-corrected chi connectivity index (χ4v) is 3.31. The standard InChI is InChI=1S/C24H35N3O4S/c1-8-10-17(4)25-21(28)20(18-13-11-16(3)12-14-18)27(9-2)22(29)19(15-32)26-23(30)31-24(5,6)7/h2,11-14,17,19-20,32H,8,10,15H2,1,3-7H3,(H,25,28)(H,26,30). The monoisotopic (exact) mass is 461 g/mol. The number of amides is 3. The Kier molecular flexibility index (Phi) is 10.6. The van der Waals surface area contributed by atoms with E-state index in [-0.39, 0.29) is 11.8 Å². The van der Waals surface area contributed by atoms with Crippen molar-refractivity contribution in [3.8, 4) is 12.5 Å². The molecule has 176 valence electrons. The van der Waals surface area contributed by atoms with E-state index in [1.54, 1.807) is 32.9 Å². The molecule has 3 amide bonds. The van der Waals surface area contributed by atoms with E-state index in [9.17, 15) is 14.4 Å². The molecule has 1 rings (SSSR count). The van der Waals surface area contributed by atoms with E-state index in [0.29, 0.717) is 5.56 Å². The van der Waals surface area contributed by atoms with Gasteiger partial charge in [0.05, 0.1) is 0 Å². The number of carbonyl (C=O) groups is 3. The van der Waals surface area contributed by atoms with Crippen LogP contribution in [0.5, 0.6) is 0 Å². The van der Waals surface area contributed by atoms with Crippen LogP contribution in [0.4, 0.5) is 4.79 Å². The number of thiol groups is 1. The van der Waals surface area contributed by atoms with Gasteiger partial charge in [-0.3, -0.25) is 14.5 Å². The molecule has 8 heteroatoms. The molecule has 0 aromatic heterocycles. The number of rotatable bonds is 9. The van der Waals surface area contributed by atoms with Crippen molar-refractivity contribution >= 4 is 30.5 Å². The third-order valence-electron chi connectivity index (χ3n) is 4.56. The van der Waals surface area contributed by atoms with Gasteiger partial charge in [-0.05, 0) is 46.6 Å². The van der Waals surface area contributed by atoms with Crippen molar-refractivity contribution in [2.75, 3.05) is 5.75 Å². The number of nitrogens with zero attached hydrogens (tertiary/aromatic N) is 1. The summed E-state index contributed by atoms with van der Waals surface area (Å²) < 4.78 is 5.23. The lowest BCUT2D eigenvalue weighted by molar-refractivity contribution is -0.138. The Morgan fingerprint density at radius 1 is 1.19 bits per heavy atom. The van der Waals surface area contributed by atoms with Crippen LogP contribution in [0, 0.1) is 19.4 Å². The summed E-state index contributed by atoms with van der Waals surface area (Å²) in [6, 6.07) is 7.33. The third-order valence-corrected chi connectivity index (χ3v) is 4.92. The first kappa shape index (κ1) is 27.4. The molecule has 1 aromatic carbocycles. The number of hydrogen-bond acceptors (Lipinski definition) is 5. The van der Waals surface area contributed by atoms with E-state index in [2.05, 4.69) is 29.3 Å². The molecule has 0 saturated carbocycles. The van der Waals surface area contributed by atoms with Gasteiger partial charge < -0.3 is 15.4 Å². The first-order valence-electron chi connectivity index (χ1n) is 10.7. The minimum Gasteiger partial charge on any atom is -0.444 e. The average Bonchev–Trinajstić information content (AvgIpc) is 2.69. The summed E-state index contributed by atoms with van der Waals surface area (Å²) in [7, 11) is 0. The summed E-state index contributed by atoms with van der Waals surface area (Å²) in [6.45, 7) is 11.0. The molecule has 2 N–H and O–H groups in total. The van der Waals surface area contributed by atoms with Crippen molar-refractivity contribution in [1.29, 1.82) is 0 Å². The van der Waals surface area contributed by atoms with Crippen LogP contribution in [-0.2, 0) is 14.3 Å². The number of hydrogen-bond donors (Lipinski definition) is 3. The number of nitrogens with one attached hydrogen (secondary N) is 2.